The van der Waals surface area contributed by atoms with Crippen LogP contribution in [0.4, 0.5) is 0 Å². The van der Waals surface area contributed by atoms with Gasteiger partial charge in [-0.3, -0.25) is 0 Å². The minimum atomic E-state index is -1.56. The van der Waals surface area contributed by atoms with Crippen molar-refractivity contribution in [2.45, 2.75) is 27.3 Å². The van der Waals surface area contributed by atoms with Gasteiger partial charge in [0.15, 0.2) is 0 Å². The second-order valence-electron chi connectivity index (χ2n) is 4.22. The molecule has 1 aliphatic rings. The van der Waals surface area contributed by atoms with Crippen molar-refractivity contribution >= 4 is 46.6 Å². The van der Waals surface area contributed by atoms with E-state index in [4.69, 9.17) is 34.8 Å². The summed E-state index contributed by atoms with van der Waals surface area (Å²) in [6.07, 6.45) is 0.227. The molecule has 0 radical (unpaired) electrons. The number of thioether (sulfide) groups is 1. The first-order chi connectivity index (χ1) is 8.43. The van der Waals surface area contributed by atoms with Crippen LogP contribution in [-0.4, -0.2) is 27.7 Å². The molecule has 100 valence electrons. The lowest BCUT2D eigenvalue weighted by Crippen LogP contribution is -2.43. The van der Waals surface area contributed by atoms with Gasteiger partial charge in [-0.1, -0.05) is 46.9 Å². The number of rotatable bonds is 3. The Bertz CT molecular complexity index is 436. The van der Waals surface area contributed by atoms with Gasteiger partial charge in [0.25, 0.3) is 0 Å². The van der Waals surface area contributed by atoms with E-state index in [9.17, 15) is 5.11 Å². The molecule has 1 aromatic carbocycles. The molecule has 2 rings (SSSR count). The molecule has 2 nitrogen and oxygen atoms in total. The van der Waals surface area contributed by atoms with Crippen LogP contribution >= 0.6 is 46.6 Å². The maximum atomic E-state index is 10.3. The van der Waals surface area contributed by atoms with Gasteiger partial charge in [0.1, 0.15) is 0 Å². The number of nitrogens with one attached hydrogen (secondary N) is 1. The van der Waals surface area contributed by atoms with E-state index in [-0.39, 0.29) is 0 Å². The summed E-state index contributed by atoms with van der Waals surface area (Å²) in [7, 11) is 1.66. The maximum absolute atomic E-state index is 10.3. The SMILES string of the molecule is CNC(C(O)c1ccc2c(c1)SCC2)C(Cl)(Cl)Cl. The highest BCUT2D eigenvalue weighted by molar-refractivity contribution is 7.99. The Hall–Kier alpha value is 0.360. The molecule has 18 heavy (non-hydrogen) atoms. The monoisotopic (exact) mass is 325 g/mol. The number of hydrogen-bond donors (Lipinski definition) is 2. The minimum absolute atomic E-state index is 0.646. The first kappa shape index (κ1) is 14.8. The first-order valence-corrected chi connectivity index (χ1v) is 7.73. The number of aryl methyl sites for hydroxylation is 1. The molecule has 6 heteroatoms. The predicted molar refractivity (Wildman–Crippen MR) is 79.0 cm³/mol. The lowest BCUT2D eigenvalue weighted by Gasteiger charge is -2.29. The van der Waals surface area contributed by atoms with Crippen molar-refractivity contribution < 1.29 is 5.11 Å². The summed E-state index contributed by atoms with van der Waals surface area (Å²) < 4.78 is -1.56. The van der Waals surface area contributed by atoms with Crippen LogP contribution in [0.1, 0.15) is 17.2 Å². The molecule has 1 aromatic rings. The lowest BCUT2D eigenvalue weighted by molar-refractivity contribution is 0.133. The average molecular weight is 327 g/mol. The highest BCUT2D eigenvalue weighted by Crippen LogP contribution is 2.39. The Labute approximate surface area is 126 Å². The van der Waals surface area contributed by atoms with Gasteiger partial charge in [0.05, 0.1) is 12.1 Å². The third kappa shape index (κ3) is 3.09. The molecule has 2 atom stereocenters. The van der Waals surface area contributed by atoms with Crippen LogP contribution in [0, 0.1) is 0 Å². The van der Waals surface area contributed by atoms with Crippen LogP contribution in [0.5, 0.6) is 0 Å². The third-order valence-corrected chi connectivity index (χ3v) is 4.85. The number of benzene rings is 1. The van der Waals surface area contributed by atoms with E-state index in [1.54, 1.807) is 18.8 Å². The molecular weight excluding hydrogens is 313 g/mol. The van der Waals surface area contributed by atoms with Crippen molar-refractivity contribution in [2.24, 2.45) is 0 Å². The molecule has 0 saturated heterocycles. The van der Waals surface area contributed by atoms with Crippen molar-refractivity contribution in [1.29, 1.82) is 0 Å². The number of fused-ring (bicyclic) bond motifs is 1. The standard InChI is InChI=1S/C12H14Cl3NOS/c1-16-11(12(13,14)15)10(17)8-3-2-7-4-5-18-9(7)6-8/h2-3,6,10-11,16-17H,4-5H2,1H3. The Kier molecular flexibility index (Phi) is 4.74. The third-order valence-electron chi connectivity index (χ3n) is 3.04. The normalized spacial score (nSPS) is 18.5. The number of hydrogen-bond acceptors (Lipinski definition) is 3. The molecule has 2 N–H and O–H groups in total. The van der Waals surface area contributed by atoms with E-state index >= 15 is 0 Å². The van der Waals surface area contributed by atoms with Gasteiger partial charge in [0.2, 0.25) is 3.79 Å². The number of aliphatic hydroxyl groups is 1. The van der Waals surface area contributed by atoms with Gasteiger partial charge in [-0.15, -0.1) is 11.8 Å². The van der Waals surface area contributed by atoms with Gasteiger partial charge in [0, 0.05) is 10.6 Å². The zero-order valence-electron chi connectivity index (χ0n) is 9.79. The van der Waals surface area contributed by atoms with Crippen LogP contribution in [0.2, 0.25) is 0 Å². The number of halogens is 3. The van der Waals surface area contributed by atoms with Crippen LogP contribution in [0.3, 0.4) is 0 Å². The maximum Gasteiger partial charge on any atom is 0.208 e. The van der Waals surface area contributed by atoms with Gasteiger partial charge in [-0.25, -0.2) is 0 Å². The summed E-state index contributed by atoms with van der Waals surface area (Å²) in [5, 5.41) is 13.2. The second-order valence-corrected chi connectivity index (χ2v) is 7.72. The molecule has 0 amide bonds. The van der Waals surface area contributed by atoms with Gasteiger partial charge in [-0.2, -0.15) is 0 Å². The summed E-state index contributed by atoms with van der Waals surface area (Å²) in [6, 6.07) is 5.28. The fraction of sp³-hybridized carbons (Fsp3) is 0.500. The van der Waals surface area contributed by atoms with Crippen molar-refractivity contribution in [3.8, 4) is 0 Å². The van der Waals surface area contributed by atoms with Crippen LogP contribution in [0.25, 0.3) is 0 Å². The summed E-state index contributed by atoms with van der Waals surface area (Å²) in [5.74, 6) is 1.09. The highest BCUT2D eigenvalue weighted by Gasteiger charge is 2.37. The zero-order valence-corrected chi connectivity index (χ0v) is 12.9. The molecule has 0 spiro atoms. The van der Waals surface area contributed by atoms with E-state index in [0.29, 0.717) is 0 Å². The van der Waals surface area contributed by atoms with E-state index in [0.717, 1.165) is 17.7 Å². The Balaban J connectivity index is 2.25. The molecule has 1 heterocycles. The van der Waals surface area contributed by atoms with E-state index in [2.05, 4.69) is 5.32 Å². The van der Waals surface area contributed by atoms with E-state index in [1.165, 1.54) is 10.5 Å². The summed E-state index contributed by atoms with van der Waals surface area (Å²) >= 11 is 19.4. The van der Waals surface area contributed by atoms with Crippen molar-refractivity contribution in [3.63, 3.8) is 0 Å². The zero-order chi connectivity index (χ0) is 13.3. The van der Waals surface area contributed by atoms with Crippen LogP contribution in [-0.2, 0) is 6.42 Å². The van der Waals surface area contributed by atoms with Crippen molar-refractivity contribution in [3.05, 3.63) is 29.3 Å². The largest absolute Gasteiger partial charge is 0.387 e. The first-order valence-electron chi connectivity index (χ1n) is 5.61. The second kappa shape index (κ2) is 5.78. The number of alkyl halides is 3. The van der Waals surface area contributed by atoms with Crippen molar-refractivity contribution in [1.82, 2.24) is 5.32 Å². The molecule has 0 bridgehead atoms. The topological polar surface area (TPSA) is 32.3 Å². The summed E-state index contributed by atoms with van der Waals surface area (Å²) in [5.41, 5.74) is 2.10. The van der Waals surface area contributed by atoms with Crippen molar-refractivity contribution in [2.75, 3.05) is 12.8 Å². The minimum Gasteiger partial charge on any atom is -0.387 e. The Morgan fingerprint density at radius 2 is 2.11 bits per heavy atom. The molecule has 1 aliphatic heterocycles. The van der Waals surface area contributed by atoms with Gasteiger partial charge in [-0.05, 0) is 30.7 Å². The molecule has 2 unspecified atom stereocenters. The smallest absolute Gasteiger partial charge is 0.208 e. The molecule has 0 fully saturated rings. The number of likely N-dealkylation sites (N-methyl/N-ethyl adjacent to an activating group) is 1. The number of aliphatic hydroxyl groups excluding tert-OH is 1. The Morgan fingerprint density at radius 3 is 2.72 bits per heavy atom. The highest BCUT2D eigenvalue weighted by atomic mass is 35.6. The fourth-order valence-corrected chi connectivity index (χ4v) is 3.86. The van der Waals surface area contributed by atoms with E-state index < -0.39 is 15.9 Å². The van der Waals surface area contributed by atoms with E-state index in [1.807, 2.05) is 18.2 Å². The molecule has 0 saturated carbocycles. The summed E-state index contributed by atoms with van der Waals surface area (Å²) in [4.78, 5) is 1.21. The molecule has 0 aromatic heterocycles. The fourth-order valence-electron chi connectivity index (χ4n) is 2.06. The predicted octanol–water partition coefficient (Wildman–Crippen LogP) is 3.33. The van der Waals surface area contributed by atoms with Crippen LogP contribution < -0.4 is 5.32 Å². The van der Waals surface area contributed by atoms with Gasteiger partial charge < -0.3 is 10.4 Å². The lowest BCUT2D eigenvalue weighted by atomic mass is 10.0. The molecule has 0 aliphatic carbocycles. The van der Waals surface area contributed by atoms with Gasteiger partial charge >= 0.3 is 0 Å². The average Bonchev–Trinajstić information content (AvgIpc) is 2.74. The summed E-state index contributed by atoms with van der Waals surface area (Å²) in [6.45, 7) is 0. The quantitative estimate of drug-likeness (QED) is 0.836. The Morgan fingerprint density at radius 1 is 1.39 bits per heavy atom. The molecular formula is C12H14Cl3NOS. The van der Waals surface area contributed by atoms with Crippen LogP contribution in [0.15, 0.2) is 23.1 Å².